The largest absolute Gasteiger partial charge is 0.493 e. The lowest BCUT2D eigenvalue weighted by molar-refractivity contribution is 0.0600. The summed E-state index contributed by atoms with van der Waals surface area (Å²) in [7, 11) is 2.90. The molecule has 2 N–H and O–H groups in total. The third kappa shape index (κ3) is 5.91. The second-order valence-electron chi connectivity index (χ2n) is 5.62. The van der Waals surface area contributed by atoms with Crippen molar-refractivity contribution in [3.63, 3.8) is 0 Å². The molecule has 2 rings (SSSR count). The van der Waals surface area contributed by atoms with Crippen LogP contribution < -0.4 is 20.1 Å². The summed E-state index contributed by atoms with van der Waals surface area (Å²) in [6.07, 6.45) is 0.637. The van der Waals surface area contributed by atoms with E-state index in [1.165, 1.54) is 7.11 Å². The highest BCUT2D eigenvalue weighted by Crippen LogP contribution is 2.28. The van der Waals surface area contributed by atoms with Crippen LogP contribution in [-0.2, 0) is 11.2 Å². The van der Waals surface area contributed by atoms with Gasteiger partial charge in [-0.3, -0.25) is 0 Å². The molecule has 0 saturated carbocycles. The first-order valence-electron chi connectivity index (χ1n) is 8.60. The molecular weight excluding hydrogens is 348 g/mol. The Hall–Kier alpha value is -3.22. The normalized spacial score (nSPS) is 10.0. The van der Waals surface area contributed by atoms with Crippen LogP contribution in [0.1, 0.15) is 22.8 Å². The van der Waals surface area contributed by atoms with Gasteiger partial charge in [-0.2, -0.15) is 0 Å². The lowest BCUT2D eigenvalue weighted by Crippen LogP contribution is -2.30. The van der Waals surface area contributed by atoms with Crippen molar-refractivity contribution in [3.05, 3.63) is 53.6 Å². The van der Waals surface area contributed by atoms with Crippen LogP contribution in [0.25, 0.3) is 0 Å². The van der Waals surface area contributed by atoms with Crippen molar-refractivity contribution in [2.24, 2.45) is 0 Å². The van der Waals surface area contributed by atoms with E-state index in [2.05, 4.69) is 15.4 Å². The number of benzene rings is 2. The molecule has 0 aliphatic heterocycles. The first-order chi connectivity index (χ1) is 13.1. The molecule has 0 aliphatic rings. The van der Waals surface area contributed by atoms with Crippen LogP contribution in [0.4, 0.5) is 10.5 Å². The Bertz CT molecular complexity index is 792. The van der Waals surface area contributed by atoms with Gasteiger partial charge in [0.15, 0.2) is 11.5 Å². The first-order valence-corrected chi connectivity index (χ1v) is 8.60. The summed E-state index contributed by atoms with van der Waals surface area (Å²) in [5.74, 6) is 0.905. The molecule has 0 spiro atoms. The molecule has 2 aromatic carbocycles. The van der Waals surface area contributed by atoms with Gasteiger partial charge in [-0.05, 0) is 49.2 Å². The molecule has 144 valence electrons. The van der Waals surface area contributed by atoms with Crippen molar-refractivity contribution in [2.75, 3.05) is 32.7 Å². The van der Waals surface area contributed by atoms with Gasteiger partial charge in [-0.1, -0.05) is 12.1 Å². The molecule has 0 aromatic heterocycles. The highest BCUT2D eigenvalue weighted by atomic mass is 16.5. The summed E-state index contributed by atoms with van der Waals surface area (Å²) < 4.78 is 15.5. The summed E-state index contributed by atoms with van der Waals surface area (Å²) in [4.78, 5) is 23.6. The van der Waals surface area contributed by atoms with E-state index < -0.39 is 5.97 Å². The van der Waals surface area contributed by atoms with Crippen LogP contribution in [-0.4, -0.2) is 39.4 Å². The molecule has 0 unspecified atom stereocenters. The van der Waals surface area contributed by atoms with Gasteiger partial charge in [0.2, 0.25) is 0 Å². The molecule has 0 atom stereocenters. The topological polar surface area (TPSA) is 85.9 Å². The number of carbonyl (C=O) groups is 2. The smallest absolute Gasteiger partial charge is 0.337 e. The van der Waals surface area contributed by atoms with E-state index in [1.54, 1.807) is 31.4 Å². The number of ether oxygens (including phenoxy) is 3. The SMILES string of the molecule is CCOc1ccc(CCNC(=O)Nc2cccc(C(=O)OC)c2)cc1OC. The third-order valence-electron chi connectivity index (χ3n) is 3.77. The minimum atomic E-state index is -0.455. The number of esters is 1. The molecular formula is C20H24N2O5. The standard InChI is InChI=1S/C20H24N2O5/c1-4-27-17-9-8-14(12-18(17)25-2)10-11-21-20(24)22-16-7-5-6-15(13-16)19(23)26-3/h5-9,12-13H,4,10-11H2,1-3H3,(H2,21,22,24). The molecule has 2 amide bonds. The minimum absolute atomic E-state index is 0.352. The molecule has 7 nitrogen and oxygen atoms in total. The lowest BCUT2D eigenvalue weighted by atomic mass is 10.1. The van der Waals surface area contributed by atoms with Gasteiger partial charge in [0.25, 0.3) is 0 Å². The monoisotopic (exact) mass is 372 g/mol. The van der Waals surface area contributed by atoms with Crippen molar-refractivity contribution >= 4 is 17.7 Å². The van der Waals surface area contributed by atoms with Gasteiger partial charge in [0.1, 0.15) is 0 Å². The van der Waals surface area contributed by atoms with Crippen molar-refractivity contribution in [1.82, 2.24) is 5.32 Å². The average Bonchev–Trinajstić information content (AvgIpc) is 2.68. The summed E-state index contributed by atoms with van der Waals surface area (Å²) in [6, 6.07) is 11.9. The van der Waals surface area contributed by atoms with Crippen LogP contribution in [0.3, 0.4) is 0 Å². The van der Waals surface area contributed by atoms with Crippen LogP contribution in [0.2, 0.25) is 0 Å². The zero-order valence-electron chi connectivity index (χ0n) is 15.7. The van der Waals surface area contributed by atoms with Crippen LogP contribution >= 0.6 is 0 Å². The van der Waals surface area contributed by atoms with Crippen molar-refractivity contribution < 1.29 is 23.8 Å². The van der Waals surface area contributed by atoms with E-state index in [9.17, 15) is 9.59 Å². The molecule has 0 aliphatic carbocycles. The van der Waals surface area contributed by atoms with E-state index in [4.69, 9.17) is 9.47 Å². The van der Waals surface area contributed by atoms with Crippen LogP contribution in [0.15, 0.2) is 42.5 Å². The van der Waals surface area contributed by atoms with Gasteiger partial charge in [-0.15, -0.1) is 0 Å². The highest BCUT2D eigenvalue weighted by molar-refractivity contribution is 5.93. The number of nitrogens with one attached hydrogen (secondary N) is 2. The van der Waals surface area contributed by atoms with Crippen LogP contribution in [0, 0.1) is 0 Å². The molecule has 27 heavy (non-hydrogen) atoms. The van der Waals surface area contributed by atoms with Crippen molar-refractivity contribution in [2.45, 2.75) is 13.3 Å². The van der Waals surface area contributed by atoms with Crippen molar-refractivity contribution in [1.29, 1.82) is 0 Å². The van der Waals surface area contributed by atoms with Gasteiger partial charge >= 0.3 is 12.0 Å². The number of carbonyl (C=O) groups excluding carboxylic acids is 2. The van der Waals surface area contributed by atoms with E-state index >= 15 is 0 Å². The van der Waals surface area contributed by atoms with Gasteiger partial charge < -0.3 is 24.8 Å². The zero-order valence-corrected chi connectivity index (χ0v) is 15.7. The Labute approximate surface area is 158 Å². The van der Waals surface area contributed by atoms with Gasteiger partial charge in [0, 0.05) is 12.2 Å². The zero-order chi connectivity index (χ0) is 19.6. The minimum Gasteiger partial charge on any atom is -0.493 e. The molecule has 0 saturated heterocycles. The van der Waals surface area contributed by atoms with E-state index in [-0.39, 0.29) is 6.03 Å². The number of hydrogen-bond acceptors (Lipinski definition) is 5. The quantitative estimate of drug-likeness (QED) is 0.695. The van der Waals surface area contributed by atoms with E-state index in [0.29, 0.717) is 42.3 Å². The molecule has 2 aromatic rings. The fourth-order valence-corrected chi connectivity index (χ4v) is 2.48. The maximum atomic E-state index is 12.0. The van der Waals surface area contributed by atoms with Crippen LogP contribution in [0.5, 0.6) is 11.5 Å². The average molecular weight is 372 g/mol. The number of anilines is 1. The summed E-state index contributed by atoms with van der Waals surface area (Å²) >= 11 is 0. The van der Waals surface area contributed by atoms with E-state index in [1.807, 2.05) is 25.1 Å². The Morgan fingerprint density at radius 1 is 1.04 bits per heavy atom. The number of urea groups is 1. The summed E-state index contributed by atoms with van der Waals surface area (Å²) in [6.45, 7) is 2.92. The van der Waals surface area contributed by atoms with E-state index in [0.717, 1.165) is 5.56 Å². The molecule has 7 heteroatoms. The molecule has 0 radical (unpaired) electrons. The third-order valence-corrected chi connectivity index (χ3v) is 3.77. The Morgan fingerprint density at radius 2 is 1.85 bits per heavy atom. The maximum Gasteiger partial charge on any atom is 0.337 e. The van der Waals surface area contributed by atoms with Crippen molar-refractivity contribution in [3.8, 4) is 11.5 Å². The predicted molar refractivity (Wildman–Crippen MR) is 103 cm³/mol. The Kier molecular flexibility index (Phi) is 7.49. The number of hydrogen-bond donors (Lipinski definition) is 2. The number of methoxy groups -OCH3 is 2. The fraction of sp³-hybridized carbons (Fsp3) is 0.300. The highest BCUT2D eigenvalue weighted by Gasteiger charge is 2.08. The predicted octanol–water partition coefficient (Wildman–Crippen LogP) is 3.24. The second kappa shape index (κ2) is 10.1. The first kappa shape index (κ1) is 20.1. The Balaban J connectivity index is 1.87. The fourth-order valence-electron chi connectivity index (χ4n) is 2.48. The van der Waals surface area contributed by atoms with Gasteiger partial charge in [-0.25, -0.2) is 9.59 Å². The number of rotatable bonds is 8. The molecule has 0 bridgehead atoms. The lowest BCUT2D eigenvalue weighted by Gasteiger charge is -2.12. The number of amides is 2. The summed E-state index contributed by atoms with van der Waals surface area (Å²) in [5.41, 5.74) is 1.90. The Morgan fingerprint density at radius 3 is 2.56 bits per heavy atom. The molecule has 0 heterocycles. The molecule has 0 fully saturated rings. The second-order valence-corrected chi connectivity index (χ2v) is 5.62. The summed E-state index contributed by atoms with van der Waals surface area (Å²) in [5, 5.41) is 5.47. The van der Waals surface area contributed by atoms with Gasteiger partial charge in [0.05, 0.1) is 26.4 Å². The maximum absolute atomic E-state index is 12.0.